The fraction of sp³-hybridized carbons (Fsp3) is 0. The first-order valence-electron chi connectivity index (χ1n) is 6.22. The van der Waals surface area contributed by atoms with Gasteiger partial charge in [0.1, 0.15) is 5.75 Å². The van der Waals surface area contributed by atoms with Crippen LogP contribution in [0.25, 0.3) is 16.8 Å². The number of furan rings is 1. The molecule has 0 unspecified atom stereocenters. The summed E-state index contributed by atoms with van der Waals surface area (Å²) in [5.41, 5.74) is 0.873. The highest BCUT2D eigenvalue weighted by Gasteiger charge is 2.05. The van der Waals surface area contributed by atoms with E-state index >= 15 is 0 Å². The summed E-state index contributed by atoms with van der Waals surface area (Å²) in [6.07, 6.45) is 4.67. The summed E-state index contributed by atoms with van der Waals surface area (Å²) in [5.74, 6) is 0.353. The van der Waals surface area contributed by atoms with E-state index in [0.29, 0.717) is 5.76 Å². The zero-order valence-electron chi connectivity index (χ0n) is 10.6. The topological polar surface area (TPSA) is 50.4 Å². The van der Waals surface area contributed by atoms with Crippen LogP contribution in [-0.2, 0) is 0 Å². The first-order chi connectivity index (χ1) is 9.75. The van der Waals surface area contributed by atoms with Gasteiger partial charge in [0, 0.05) is 5.39 Å². The second kappa shape index (κ2) is 5.05. The van der Waals surface area contributed by atoms with Crippen molar-refractivity contribution in [1.29, 1.82) is 0 Å². The Morgan fingerprint density at radius 3 is 2.55 bits per heavy atom. The SMILES string of the molecule is O=C(/C=C/c1ccc(O)c2ccccc12)c1ccco1. The number of aromatic hydroxyl groups is 1. The van der Waals surface area contributed by atoms with E-state index in [-0.39, 0.29) is 11.5 Å². The molecule has 0 saturated carbocycles. The standard InChI is InChI=1S/C17H12O3/c18-15-9-7-12(13-4-1-2-5-14(13)15)8-10-16(19)17-6-3-11-20-17/h1-11,18H/b10-8+. The fourth-order valence-electron chi connectivity index (χ4n) is 2.12. The van der Waals surface area contributed by atoms with E-state index in [9.17, 15) is 9.90 Å². The Hall–Kier alpha value is -2.81. The average Bonchev–Trinajstić information content (AvgIpc) is 3.01. The Kier molecular flexibility index (Phi) is 3.09. The smallest absolute Gasteiger partial charge is 0.221 e. The predicted octanol–water partition coefficient (Wildman–Crippen LogP) is 4.03. The van der Waals surface area contributed by atoms with E-state index < -0.39 is 0 Å². The molecule has 0 spiro atoms. The minimum Gasteiger partial charge on any atom is -0.507 e. The predicted molar refractivity (Wildman–Crippen MR) is 77.7 cm³/mol. The molecule has 20 heavy (non-hydrogen) atoms. The monoisotopic (exact) mass is 264 g/mol. The molecule has 0 fully saturated rings. The van der Waals surface area contributed by atoms with Gasteiger partial charge in [0.05, 0.1) is 6.26 Å². The zero-order chi connectivity index (χ0) is 13.9. The molecule has 2 aromatic carbocycles. The summed E-state index contributed by atoms with van der Waals surface area (Å²) in [4.78, 5) is 11.9. The molecule has 1 heterocycles. The van der Waals surface area contributed by atoms with E-state index in [1.165, 1.54) is 12.3 Å². The van der Waals surface area contributed by atoms with Crippen LogP contribution < -0.4 is 0 Å². The van der Waals surface area contributed by atoms with Crippen LogP contribution >= 0.6 is 0 Å². The van der Waals surface area contributed by atoms with Crippen molar-refractivity contribution in [3.8, 4) is 5.75 Å². The molecule has 0 aliphatic heterocycles. The Morgan fingerprint density at radius 1 is 1.00 bits per heavy atom. The van der Waals surface area contributed by atoms with Gasteiger partial charge in [-0.3, -0.25) is 4.79 Å². The van der Waals surface area contributed by atoms with Crippen molar-refractivity contribution < 1.29 is 14.3 Å². The molecular formula is C17H12O3. The van der Waals surface area contributed by atoms with Gasteiger partial charge in [0.2, 0.25) is 5.78 Å². The number of allylic oxidation sites excluding steroid dienone is 1. The number of hydrogen-bond donors (Lipinski definition) is 1. The highest BCUT2D eigenvalue weighted by atomic mass is 16.3. The maximum absolute atomic E-state index is 11.9. The van der Waals surface area contributed by atoms with E-state index in [4.69, 9.17) is 4.42 Å². The van der Waals surface area contributed by atoms with Crippen molar-refractivity contribution in [2.45, 2.75) is 0 Å². The maximum Gasteiger partial charge on any atom is 0.221 e. The molecule has 0 bridgehead atoms. The van der Waals surface area contributed by atoms with Crippen molar-refractivity contribution in [2.75, 3.05) is 0 Å². The lowest BCUT2D eigenvalue weighted by molar-refractivity contribution is 0.102. The van der Waals surface area contributed by atoms with Crippen LogP contribution in [0.15, 0.2) is 65.3 Å². The first kappa shape index (κ1) is 12.2. The third kappa shape index (κ3) is 2.21. The quantitative estimate of drug-likeness (QED) is 0.574. The third-order valence-electron chi connectivity index (χ3n) is 3.11. The number of phenols is 1. The summed E-state index contributed by atoms with van der Waals surface area (Å²) in [6.45, 7) is 0. The summed E-state index contributed by atoms with van der Waals surface area (Å²) in [5, 5.41) is 11.5. The van der Waals surface area contributed by atoms with E-state index in [1.54, 1.807) is 30.3 Å². The van der Waals surface area contributed by atoms with Gasteiger partial charge in [-0.05, 0) is 35.2 Å². The van der Waals surface area contributed by atoms with Crippen molar-refractivity contribution >= 4 is 22.6 Å². The molecule has 0 aliphatic carbocycles. The van der Waals surface area contributed by atoms with Gasteiger partial charge in [0.25, 0.3) is 0 Å². The van der Waals surface area contributed by atoms with Gasteiger partial charge in [-0.25, -0.2) is 0 Å². The van der Waals surface area contributed by atoms with Crippen LogP contribution in [0.3, 0.4) is 0 Å². The number of carbonyl (C=O) groups excluding carboxylic acids is 1. The van der Waals surface area contributed by atoms with Gasteiger partial charge in [-0.1, -0.05) is 36.4 Å². The molecule has 1 N–H and O–H groups in total. The van der Waals surface area contributed by atoms with Crippen molar-refractivity contribution in [3.05, 3.63) is 72.2 Å². The molecule has 3 aromatic rings. The molecule has 3 rings (SSSR count). The van der Waals surface area contributed by atoms with Gasteiger partial charge in [-0.15, -0.1) is 0 Å². The normalized spacial score (nSPS) is 11.2. The van der Waals surface area contributed by atoms with E-state index in [0.717, 1.165) is 16.3 Å². The number of hydrogen-bond acceptors (Lipinski definition) is 3. The van der Waals surface area contributed by atoms with Gasteiger partial charge >= 0.3 is 0 Å². The average molecular weight is 264 g/mol. The Balaban J connectivity index is 1.99. The molecule has 0 atom stereocenters. The minimum atomic E-state index is -0.188. The van der Waals surface area contributed by atoms with E-state index in [1.807, 2.05) is 24.3 Å². The number of fused-ring (bicyclic) bond motifs is 1. The molecule has 0 amide bonds. The van der Waals surface area contributed by atoms with Crippen molar-refractivity contribution in [3.63, 3.8) is 0 Å². The largest absolute Gasteiger partial charge is 0.507 e. The summed E-state index contributed by atoms with van der Waals surface area (Å²) in [7, 11) is 0. The Bertz CT molecular complexity index is 783. The minimum absolute atomic E-state index is 0.188. The van der Waals surface area contributed by atoms with E-state index in [2.05, 4.69) is 0 Å². The van der Waals surface area contributed by atoms with Crippen LogP contribution in [0, 0.1) is 0 Å². The third-order valence-corrected chi connectivity index (χ3v) is 3.11. The van der Waals surface area contributed by atoms with Crippen LogP contribution in [0.4, 0.5) is 0 Å². The number of ketones is 1. The second-order valence-electron chi connectivity index (χ2n) is 4.39. The summed E-state index contributed by atoms with van der Waals surface area (Å²) in [6, 6.07) is 14.2. The number of rotatable bonds is 3. The van der Waals surface area contributed by atoms with Crippen molar-refractivity contribution in [1.82, 2.24) is 0 Å². The molecule has 0 radical (unpaired) electrons. The lowest BCUT2D eigenvalue weighted by atomic mass is 10.0. The summed E-state index contributed by atoms with van der Waals surface area (Å²) >= 11 is 0. The molecule has 3 heteroatoms. The molecular weight excluding hydrogens is 252 g/mol. The van der Waals surface area contributed by atoms with Gasteiger partial charge < -0.3 is 9.52 Å². The maximum atomic E-state index is 11.9. The lowest BCUT2D eigenvalue weighted by Gasteiger charge is -2.04. The number of phenolic OH excluding ortho intramolecular Hbond substituents is 1. The molecule has 0 aliphatic rings. The number of carbonyl (C=O) groups is 1. The molecule has 1 aromatic heterocycles. The van der Waals surface area contributed by atoms with Gasteiger partial charge in [0.15, 0.2) is 5.76 Å². The van der Waals surface area contributed by atoms with Gasteiger partial charge in [-0.2, -0.15) is 0 Å². The number of benzene rings is 2. The molecule has 3 nitrogen and oxygen atoms in total. The zero-order valence-corrected chi connectivity index (χ0v) is 10.6. The van der Waals surface area contributed by atoms with Crippen molar-refractivity contribution in [2.24, 2.45) is 0 Å². The Labute approximate surface area is 115 Å². The lowest BCUT2D eigenvalue weighted by Crippen LogP contribution is -1.90. The van der Waals surface area contributed by atoms with Crippen LogP contribution in [0.2, 0.25) is 0 Å². The van der Waals surface area contributed by atoms with Crippen LogP contribution in [0.5, 0.6) is 5.75 Å². The molecule has 98 valence electrons. The molecule has 0 saturated heterocycles. The first-order valence-corrected chi connectivity index (χ1v) is 6.22. The van der Waals surface area contributed by atoms with Crippen LogP contribution in [0.1, 0.15) is 16.1 Å². The summed E-state index contributed by atoms with van der Waals surface area (Å²) < 4.78 is 5.05. The Morgan fingerprint density at radius 2 is 1.80 bits per heavy atom. The second-order valence-corrected chi connectivity index (χ2v) is 4.39. The highest BCUT2D eigenvalue weighted by molar-refractivity contribution is 6.06. The highest BCUT2D eigenvalue weighted by Crippen LogP contribution is 2.28. The van der Waals surface area contributed by atoms with Crippen LogP contribution in [-0.4, -0.2) is 10.9 Å². The fourth-order valence-corrected chi connectivity index (χ4v) is 2.12.